The Kier molecular flexibility index (Phi) is 8.48. The second-order valence-electron chi connectivity index (χ2n) is 8.05. The quantitative estimate of drug-likeness (QED) is 0.407. The number of piperidine rings is 1. The predicted octanol–water partition coefficient (Wildman–Crippen LogP) is 3.61. The van der Waals surface area contributed by atoms with Gasteiger partial charge in [-0.25, -0.2) is 0 Å². The van der Waals surface area contributed by atoms with Crippen LogP contribution < -0.4 is 14.8 Å². The van der Waals surface area contributed by atoms with Gasteiger partial charge in [0.05, 0.1) is 32.8 Å². The smallest absolute Gasteiger partial charge is 0.241 e. The maximum absolute atomic E-state index is 12.5. The van der Waals surface area contributed by atoms with E-state index >= 15 is 0 Å². The molecule has 9 nitrogen and oxygen atoms in total. The van der Waals surface area contributed by atoms with Crippen LogP contribution in [0.3, 0.4) is 0 Å². The molecule has 0 atom stereocenters. The average Bonchev–Trinajstić information content (AvgIpc) is 3.56. The van der Waals surface area contributed by atoms with E-state index in [0.717, 1.165) is 48.8 Å². The lowest BCUT2D eigenvalue weighted by molar-refractivity contribution is -0.126. The highest BCUT2D eigenvalue weighted by molar-refractivity contribution is 7.98. The highest BCUT2D eigenvalue weighted by Gasteiger charge is 2.26. The zero-order valence-corrected chi connectivity index (χ0v) is 20.3. The molecule has 1 aromatic carbocycles. The van der Waals surface area contributed by atoms with Gasteiger partial charge in [-0.15, -0.1) is 0 Å². The third kappa shape index (κ3) is 6.32. The van der Waals surface area contributed by atoms with Crippen LogP contribution in [-0.2, 0) is 17.1 Å². The minimum Gasteiger partial charge on any atom is -0.493 e. The number of nitrogens with zero attached hydrogens (tertiary/aromatic N) is 3. The molecule has 0 spiro atoms. The molecular formula is C24H30N4O5S. The third-order valence-electron chi connectivity index (χ3n) is 5.80. The van der Waals surface area contributed by atoms with Gasteiger partial charge in [0.25, 0.3) is 0 Å². The monoisotopic (exact) mass is 486 g/mol. The van der Waals surface area contributed by atoms with Crippen LogP contribution in [-0.4, -0.2) is 60.6 Å². The van der Waals surface area contributed by atoms with Crippen LogP contribution >= 0.6 is 11.8 Å². The van der Waals surface area contributed by atoms with Crippen LogP contribution in [0.5, 0.6) is 11.5 Å². The van der Waals surface area contributed by atoms with Gasteiger partial charge in [0.1, 0.15) is 5.76 Å². The molecule has 1 aliphatic rings. The second-order valence-corrected chi connectivity index (χ2v) is 9.16. The lowest BCUT2D eigenvalue weighted by Crippen LogP contribution is -2.40. The summed E-state index contributed by atoms with van der Waals surface area (Å²) in [6.07, 6.45) is 3.32. The van der Waals surface area contributed by atoms with Crippen LogP contribution in [0.4, 0.5) is 0 Å². The van der Waals surface area contributed by atoms with Crippen LogP contribution in [0, 0.1) is 5.92 Å². The number of thioether (sulfide) groups is 1. The van der Waals surface area contributed by atoms with E-state index in [0.29, 0.717) is 36.3 Å². The van der Waals surface area contributed by atoms with Crippen molar-refractivity contribution in [3.63, 3.8) is 0 Å². The Morgan fingerprint density at radius 1 is 1.21 bits per heavy atom. The molecule has 3 aromatic rings. The molecule has 0 unspecified atom stereocenters. The van der Waals surface area contributed by atoms with Crippen molar-refractivity contribution >= 4 is 17.7 Å². The maximum Gasteiger partial charge on any atom is 0.241 e. The number of carbonyl (C=O) groups excluding carboxylic acids is 1. The van der Waals surface area contributed by atoms with Gasteiger partial charge in [0, 0.05) is 23.8 Å². The number of likely N-dealkylation sites (tertiary alicyclic amines) is 1. The van der Waals surface area contributed by atoms with Crippen molar-refractivity contribution < 1.29 is 23.2 Å². The summed E-state index contributed by atoms with van der Waals surface area (Å²) < 4.78 is 21.4. The van der Waals surface area contributed by atoms with Gasteiger partial charge in [-0.1, -0.05) is 5.16 Å². The molecule has 1 N–H and O–H groups in total. The van der Waals surface area contributed by atoms with Crippen LogP contribution in [0.25, 0.3) is 11.4 Å². The van der Waals surface area contributed by atoms with E-state index in [1.54, 1.807) is 32.2 Å². The number of methoxy groups -OCH3 is 2. The molecule has 4 rings (SSSR count). The van der Waals surface area contributed by atoms with Crippen molar-refractivity contribution in [1.82, 2.24) is 20.4 Å². The summed E-state index contributed by atoms with van der Waals surface area (Å²) in [5, 5.41) is 7.18. The van der Waals surface area contributed by atoms with E-state index in [-0.39, 0.29) is 11.8 Å². The molecule has 182 valence electrons. The molecule has 1 aliphatic heterocycles. The minimum absolute atomic E-state index is 0.0522. The normalized spacial score (nSPS) is 14.8. The van der Waals surface area contributed by atoms with E-state index < -0.39 is 0 Å². The van der Waals surface area contributed by atoms with Gasteiger partial charge in [0.2, 0.25) is 17.6 Å². The van der Waals surface area contributed by atoms with E-state index in [9.17, 15) is 4.79 Å². The first-order valence-corrected chi connectivity index (χ1v) is 12.5. The van der Waals surface area contributed by atoms with Gasteiger partial charge in [-0.2, -0.15) is 16.7 Å². The molecule has 0 saturated carbocycles. The lowest BCUT2D eigenvalue weighted by atomic mass is 9.96. The zero-order valence-electron chi connectivity index (χ0n) is 19.5. The summed E-state index contributed by atoms with van der Waals surface area (Å²) in [6.45, 7) is 2.88. The van der Waals surface area contributed by atoms with Gasteiger partial charge in [-0.3, -0.25) is 9.69 Å². The highest BCUT2D eigenvalue weighted by atomic mass is 32.2. The average molecular weight is 487 g/mol. The summed E-state index contributed by atoms with van der Waals surface area (Å²) in [6, 6.07) is 9.37. The fourth-order valence-corrected chi connectivity index (χ4v) is 4.67. The van der Waals surface area contributed by atoms with Crippen LogP contribution in [0.1, 0.15) is 24.5 Å². The molecule has 2 aromatic heterocycles. The number of furan rings is 1. The maximum atomic E-state index is 12.5. The Bertz CT molecular complexity index is 1050. The van der Waals surface area contributed by atoms with Gasteiger partial charge < -0.3 is 23.7 Å². The third-order valence-corrected chi connectivity index (χ3v) is 6.78. The number of ether oxygens (including phenoxy) is 2. The van der Waals surface area contributed by atoms with E-state index in [1.165, 1.54) is 0 Å². The largest absolute Gasteiger partial charge is 0.493 e. The first-order valence-electron chi connectivity index (χ1n) is 11.3. The van der Waals surface area contributed by atoms with Crippen molar-refractivity contribution in [3.8, 4) is 22.9 Å². The second kappa shape index (κ2) is 11.9. The fourth-order valence-electron chi connectivity index (χ4n) is 3.91. The topological polar surface area (TPSA) is 103 Å². The number of rotatable bonds is 11. The van der Waals surface area contributed by atoms with Gasteiger partial charge in [0.15, 0.2) is 11.5 Å². The zero-order chi connectivity index (χ0) is 23.8. The first-order chi connectivity index (χ1) is 16.7. The number of benzene rings is 1. The standard InChI is InChI=1S/C24H30N4O5S/c1-30-20-6-5-18(14-21(20)31-2)23-26-22(33-27-23)15-28-10-7-17(8-11-28)24(29)25-9-13-34-16-19-4-3-12-32-19/h3-6,12,14,17H,7-11,13,15-16H2,1-2H3,(H,25,29). The Morgan fingerprint density at radius 2 is 2.03 bits per heavy atom. The van der Waals surface area contributed by atoms with E-state index in [1.807, 2.05) is 30.3 Å². The Morgan fingerprint density at radius 3 is 2.76 bits per heavy atom. The molecule has 1 amide bonds. The Balaban J connectivity index is 1.18. The number of aromatic nitrogens is 2. The fraction of sp³-hybridized carbons (Fsp3) is 0.458. The summed E-state index contributed by atoms with van der Waals surface area (Å²) in [7, 11) is 3.19. The van der Waals surface area contributed by atoms with Crippen LogP contribution in [0.2, 0.25) is 0 Å². The van der Waals surface area contributed by atoms with Crippen molar-refractivity contribution in [2.45, 2.75) is 25.1 Å². The number of amides is 1. The van der Waals surface area contributed by atoms with Crippen molar-refractivity contribution in [1.29, 1.82) is 0 Å². The van der Waals surface area contributed by atoms with Gasteiger partial charge >= 0.3 is 0 Å². The summed E-state index contributed by atoms with van der Waals surface area (Å²) in [5.41, 5.74) is 0.797. The summed E-state index contributed by atoms with van der Waals surface area (Å²) >= 11 is 1.75. The Labute approximate surface area is 203 Å². The number of hydrogen-bond donors (Lipinski definition) is 1. The molecular weight excluding hydrogens is 456 g/mol. The summed E-state index contributed by atoms with van der Waals surface area (Å²) in [4.78, 5) is 19.3. The first kappa shape index (κ1) is 24.2. The van der Waals surface area contributed by atoms with Gasteiger partial charge in [-0.05, 0) is 56.3 Å². The SMILES string of the molecule is COc1ccc(-c2noc(CN3CCC(C(=O)NCCSCc4ccco4)CC3)n2)cc1OC. The van der Waals surface area contributed by atoms with Crippen LogP contribution in [0.15, 0.2) is 45.5 Å². The molecule has 10 heteroatoms. The van der Waals surface area contributed by atoms with Crippen molar-refractivity contribution in [2.75, 3.05) is 39.6 Å². The molecule has 3 heterocycles. The predicted molar refractivity (Wildman–Crippen MR) is 129 cm³/mol. The molecule has 1 fully saturated rings. The number of nitrogens with one attached hydrogen (secondary N) is 1. The van der Waals surface area contributed by atoms with E-state index in [4.69, 9.17) is 18.4 Å². The number of hydrogen-bond acceptors (Lipinski definition) is 9. The molecule has 0 aliphatic carbocycles. The molecule has 1 saturated heterocycles. The number of carbonyl (C=O) groups is 1. The minimum atomic E-state index is 0.0522. The lowest BCUT2D eigenvalue weighted by Gasteiger charge is -2.30. The molecule has 0 radical (unpaired) electrons. The van der Waals surface area contributed by atoms with Crippen molar-refractivity contribution in [2.24, 2.45) is 5.92 Å². The highest BCUT2D eigenvalue weighted by Crippen LogP contribution is 2.31. The molecule has 34 heavy (non-hydrogen) atoms. The molecule has 0 bridgehead atoms. The summed E-state index contributed by atoms with van der Waals surface area (Å²) in [5.74, 6) is 5.17. The Hall–Kier alpha value is -2.98. The van der Waals surface area contributed by atoms with E-state index in [2.05, 4.69) is 20.4 Å². The van der Waals surface area contributed by atoms with Crippen molar-refractivity contribution in [3.05, 3.63) is 48.2 Å².